The monoisotopic (exact) mass is 222 g/mol. The zero-order valence-electron chi connectivity index (χ0n) is 7.81. The molecular formula is C10H10N2O2S. The molecule has 1 heterocycles. The zero-order valence-corrected chi connectivity index (χ0v) is 8.62. The second-order valence-corrected chi connectivity index (χ2v) is 3.05. The Hall–Kier alpha value is -1.88. The number of rotatable bonds is 1. The summed E-state index contributed by atoms with van der Waals surface area (Å²) in [5.74, 6) is -0.967. The van der Waals surface area contributed by atoms with Crippen molar-refractivity contribution in [3.8, 4) is 0 Å². The van der Waals surface area contributed by atoms with Crippen LogP contribution in [0.25, 0.3) is 0 Å². The van der Waals surface area contributed by atoms with Crippen molar-refractivity contribution in [1.82, 2.24) is 4.98 Å². The molecule has 0 saturated heterocycles. The van der Waals surface area contributed by atoms with Crippen LogP contribution >= 0.6 is 0 Å². The molecule has 1 aromatic carbocycles. The summed E-state index contributed by atoms with van der Waals surface area (Å²) >= 11 is 4.75. The van der Waals surface area contributed by atoms with Crippen LogP contribution in [-0.2, 0) is 12.6 Å². The first kappa shape index (κ1) is 11.2. The normalized spacial score (nSPS) is 8.80. The van der Waals surface area contributed by atoms with Crippen LogP contribution in [0.4, 0.5) is 0 Å². The van der Waals surface area contributed by atoms with Crippen molar-refractivity contribution >= 4 is 18.6 Å². The highest BCUT2D eigenvalue weighted by Crippen LogP contribution is 2.06. The second-order valence-electron chi connectivity index (χ2n) is 2.61. The van der Waals surface area contributed by atoms with Gasteiger partial charge in [-0.1, -0.05) is 18.2 Å². The van der Waals surface area contributed by atoms with Crippen molar-refractivity contribution in [2.24, 2.45) is 0 Å². The Balaban J connectivity index is 0.000000187. The molecule has 0 amide bonds. The van der Waals surface area contributed by atoms with Gasteiger partial charge >= 0.3 is 5.97 Å². The number of benzene rings is 1. The van der Waals surface area contributed by atoms with E-state index < -0.39 is 5.97 Å². The van der Waals surface area contributed by atoms with Crippen LogP contribution < -0.4 is 4.98 Å². The minimum atomic E-state index is -0.967. The Morgan fingerprint density at radius 2 is 2.13 bits per heavy atom. The molecule has 2 rings (SSSR count). The topological polar surface area (TPSA) is 67.2 Å². The summed E-state index contributed by atoms with van der Waals surface area (Å²) in [6.07, 6.45) is 5.39. The van der Waals surface area contributed by atoms with E-state index in [1.54, 1.807) is 24.5 Å². The maximum absolute atomic E-state index is 10.4. The van der Waals surface area contributed by atoms with E-state index in [4.69, 9.17) is 17.7 Å². The van der Waals surface area contributed by atoms with Gasteiger partial charge in [-0.25, -0.2) is 4.79 Å². The Morgan fingerprint density at radius 3 is 2.47 bits per heavy atom. The number of hydrogen-bond acceptors (Lipinski definition) is 2. The van der Waals surface area contributed by atoms with Crippen LogP contribution in [0.15, 0.2) is 47.9 Å². The van der Waals surface area contributed by atoms with E-state index in [1.807, 2.05) is 12.4 Å². The van der Waals surface area contributed by atoms with Crippen LogP contribution in [0.1, 0.15) is 10.4 Å². The third-order valence-electron chi connectivity index (χ3n) is 1.56. The Bertz CT molecular complexity index is 398. The van der Waals surface area contributed by atoms with Crippen molar-refractivity contribution in [3.05, 3.63) is 48.5 Å². The number of aromatic nitrogens is 2. The predicted octanol–water partition coefficient (Wildman–Crippen LogP) is 1.12. The highest BCUT2D eigenvalue weighted by molar-refractivity contribution is 7.58. The lowest BCUT2D eigenvalue weighted by Crippen LogP contribution is -1.97. The smallest absolute Gasteiger partial charge is 0.334 e. The van der Waals surface area contributed by atoms with Gasteiger partial charge in [0.1, 0.15) is 12.4 Å². The van der Waals surface area contributed by atoms with E-state index in [0.29, 0.717) is 4.90 Å². The predicted molar refractivity (Wildman–Crippen MR) is 56.4 cm³/mol. The number of hydrogen-bond donors (Lipinski definition) is 2. The van der Waals surface area contributed by atoms with Crippen LogP contribution in [-0.4, -0.2) is 16.1 Å². The van der Waals surface area contributed by atoms with Gasteiger partial charge in [0.05, 0.1) is 0 Å². The minimum absolute atomic E-state index is 0.192. The van der Waals surface area contributed by atoms with Gasteiger partial charge in [-0.3, -0.25) is 9.97 Å². The molecule has 4 nitrogen and oxygen atoms in total. The number of imidazole rings is 1. The van der Waals surface area contributed by atoms with Crippen LogP contribution in [0, 0.1) is 0 Å². The number of carboxylic acid groups (broad SMARTS) is 1. The molecule has 0 unspecified atom stereocenters. The van der Waals surface area contributed by atoms with Gasteiger partial charge in [-0.05, 0) is 6.07 Å². The van der Waals surface area contributed by atoms with Crippen LogP contribution in [0.5, 0.6) is 0 Å². The number of carboxylic acids is 1. The molecule has 0 aliphatic carbocycles. The van der Waals surface area contributed by atoms with Gasteiger partial charge in [0.15, 0.2) is 0 Å². The first-order chi connectivity index (χ1) is 7.22. The van der Waals surface area contributed by atoms with Crippen molar-refractivity contribution in [2.45, 2.75) is 4.90 Å². The summed E-state index contributed by atoms with van der Waals surface area (Å²) in [6, 6.07) is 6.46. The third-order valence-corrected chi connectivity index (χ3v) is 1.92. The van der Waals surface area contributed by atoms with Gasteiger partial charge in [-0.15, -0.1) is 0 Å². The largest absolute Gasteiger partial charge is 0.779 e. The molecule has 0 aliphatic rings. The molecule has 0 aliphatic heterocycles. The quantitative estimate of drug-likeness (QED) is 0.710. The zero-order chi connectivity index (χ0) is 11.1. The van der Waals surface area contributed by atoms with Crippen molar-refractivity contribution in [1.29, 1.82) is 0 Å². The number of carbonyl (C=O) groups is 1. The van der Waals surface area contributed by atoms with Crippen molar-refractivity contribution < 1.29 is 14.9 Å². The molecule has 0 fully saturated rings. The molecule has 2 aromatic rings. The SMILES string of the molecule is O=C(O)c1ccccc1[S-].c1c[nH+]c[nH]1. The van der Waals surface area contributed by atoms with Crippen LogP contribution in [0.2, 0.25) is 0 Å². The van der Waals surface area contributed by atoms with Gasteiger partial charge in [0, 0.05) is 5.56 Å². The molecule has 3 N–H and O–H groups in total. The highest BCUT2D eigenvalue weighted by Gasteiger charge is 1.98. The number of nitrogens with one attached hydrogen (secondary N) is 2. The third kappa shape index (κ3) is 3.78. The van der Waals surface area contributed by atoms with E-state index >= 15 is 0 Å². The fourth-order valence-electron chi connectivity index (χ4n) is 0.884. The highest BCUT2D eigenvalue weighted by atomic mass is 32.1. The van der Waals surface area contributed by atoms with Crippen LogP contribution in [0.3, 0.4) is 0 Å². The van der Waals surface area contributed by atoms with Crippen molar-refractivity contribution in [3.63, 3.8) is 0 Å². The molecule has 0 radical (unpaired) electrons. The van der Waals surface area contributed by atoms with E-state index in [0.717, 1.165) is 0 Å². The Morgan fingerprint density at radius 1 is 1.40 bits per heavy atom. The lowest BCUT2D eigenvalue weighted by molar-refractivity contribution is -0.375. The van der Waals surface area contributed by atoms with Gasteiger partial charge < -0.3 is 17.7 Å². The molecule has 78 valence electrons. The fraction of sp³-hybridized carbons (Fsp3) is 0. The molecule has 0 bridgehead atoms. The summed E-state index contributed by atoms with van der Waals surface area (Å²) in [4.78, 5) is 16.4. The van der Waals surface area contributed by atoms with Gasteiger partial charge in [0.25, 0.3) is 0 Å². The van der Waals surface area contributed by atoms with E-state index in [9.17, 15) is 4.79 Å². The second kappa shape index (κ2) is 5.77. The van der Waals surface area contributed by atoms with E-state index in [2.05, 4.69) is 9.97 Å². The minimum Gasteiger partial charge on any atom is -0.779 e. The number of H-pyrrole nitrogens is 2. The lowest BCUT2D eigenvalue weighted by Gasteiger charge is -2.07. The van der Waals surface area contributed by atoms with E-state index in [-0.39, 0.29) is 5.56 Å². The number of aromatic amines is 2. The lowest BCUT2D eigenvalue weighted by atomic mass is 10.2. The average molecular weight is 222 g/mol. The summed E-state index contributed by atoms with van der Waals surface area (Å²) < 4.78 is 0. The fourth-order valence-corrected chi connectivity index (χ4v) is 1.12. The van der Waals surface area contributed by atoms with Gasteiger partial charge in [-0.2, -0.15) is 4.90 Å². The molecule has 15 heavy (non-hydrogen) atoms. The molecular weight excluding hydrogens is 212 g/mol. The summed E-state index contributed by atoms with van der Waals surface area (Å²) in [6.45, 7) is 0. The molecule has 0 atom stereocenters. The number of aromatic carboxylic acids is 1. The Kier molecular flexibility index (Phi) is 4.30. The Labute approximate surface area is 92.4 Å². The summed E-state index contributed by atoms with van der Waals surface area (Å²) in [7, 11) is 0. The first-order valence-corrected chi connectivity index (χ1v) is 4.61. The maximum Gasteiger partial charge on any atom is 0.334 e. The molecule has 1 aromatic heterocycles. The van der Waals surface area contributed by atoms with Crippen molar-refractivity contribution in [2.75, 3.05) is 0 Å². The maximum atomic E-state index is 10.4. The summed E-state index contributed by atoms with van der Waals surface area (Å²) in [5.41, 5.74) is 0.192. The first-order valence-electron chi connectivity index (χ1n) is 4.20. The standard InChI is InChI=1S/C7H6O2S.C3H4N2/c8-7(9)5-3-1-2-4-6(5)10;1-2-5-3-4-1/h1-4,10H,(H,8,9);1-3H,(H,4,5). The molecule has 0 spiro atoms. The summed E-state index contributed by atoms with van der Waals surface area (Å²) in [5, 5.41) is 8.50. The van der Waals surface area contributed by atoms with E-state index in [1.165, 1.54) is 6.07 Å². The van der Waals surface area contributed by atoms with Gasteiger partial charge in [0.2, 0.25) is 6.33 Å². The average Bonchev–Trinajstić information content (AvgIpc) is 2.75. The molecule has 5 heteroatoms. The molecule has 0 saturated carbocycles.